The van der Waals surface area contributed by atoms with Gasteiger partial charge in [-0.05, 0) is 64.5 Å². The molecule has 0 aliphatic heterocycles. The molecule has 0 saturated heterocycles. The van der Waals surface area contributed by atoms with Gasteiger partial charge in [-0.3, -0.25) is 4.68 Å². The first-order valence-electron chi connectivity index (χ1n) is 8.46. The van der Waals surface area contributed by atoms with Crippen molar-refractivity contribution in [2.45, 2.75) is 71.1 Å². The summed E-state index contributed by atoms with van der Waals surface area (Å²) in [5.74, 6) is 0.832. The van der Waals surface area contributed by atoms with E-state index in [0.717, 1.165) is 38.3 Å². The van der Waals surface area contributed by atoms with Crippen LogP contribution in [-0.4, -0.2) is 35.1 Å². The summed E-state index contributed by atoms with van der Waals surface area (Å²) in [6.45, 7) is 8.31. The lowest BCUT2D eigenvalue weighted by molar-refractivity contribution is -0.0947. The first-order chi connectivity index (χ1) is 10.1. The van der Waals surface area contributed by atoms with Gasteiger partial charge in [-0.25, -0.2) is 0 Å². The van der Waals surface area contributed by atoms with Crippen molar-refractivity contribution in [1.82, 2.24) is 15.1 Å². The number of hydrogen-bond acceptors (Lipinski definition) is 3. The molecule has 21 heavy (non-hydrogen) atoms. The van der Waals surface area contributed by atoms with Crippen LogP contribution in [0.3, 0.4) is 0 Å². The van der Waals surface area contributed by atoms with Crippen LogP contribution in [0.4, 0.5) is 0 Å². The van der Waals surface area contributed by atoms with Crippen LogP contribution in [0.25, 0.3) is 0 Å². The summed E-state index contributed by atoms with van der Waals surface area (Å²) >= 11 is 0. The summed E-state index contributed by atoms with van der Waals surface area (Å²) in [4.78, 5) is 0. The van der Waals surface area contributed by atoms with Crippen molar-refractivity contribution >= 4 is 0 Å². The Morgan fingerprint density at radius 1 is 1.43 bits per heavy atom. The molecule has 1 saturated carbocycles. The maximum atomic E-state index is 6.29. The van der Waals surface area contributed by atoms with Crippen LogP contribution < -0.4 is 5.32 Å². The summed E-state index contributed by atoms with van der Waals surface area (Å²) < 4.78 is 8.29. The molecule has 0 spiro atoms. The van der Waals surface area contributed by atoms with Gasteiger partial charge in [0, 0.05) is 25.4 Å². The Bertz CT molecular complexity index is 421. The molecule has 1 aromatic rings. The van der Waals surface area contributed by atoms with Crippen LogP contribution in [0, 0.1) is 5.92 Å². The molecule has 2 rings (SSSR count). The van der Waals surface area contributed by atoms with E-state index in [1.807, 2.05) is 10.9 Å². The topological polar surface area (TPSA) is 39.1 Å². The third kappa shape index (κ3) is 3.86. The van der Waals surface area contributed by atoms with Gasteiger partial charge in [0.15, 0.2) is 0 Å². The van der Waals surface area contributed by atoms with Crippen LogP contribution in [0.5, 0.6) is 0 Å². The summed E-state index contributed by atoms with van der Waals surface area (Å²) in [5, 5.41) is 7.92. The lowest BCUT2D eigenvalue weighted by Crippen LogP contribution is -2.54. The van der Waals surface area contributed by atoms with E-state index in [9.17, 15) is 0 Å². The molecule has 0 bridgehead atoms. The maximum Gasteiger partial charge on any atom is 0.0837 e. The summed E-state index contributed by atoms with van der Waals surface area (Å²) in [6, 6.07) is 0.361. The van der Waals surface area contributed by atoms with Crippen LogP contribution in [0.1, 0.15) is 52.0 Å². The smallest absolute Gasteiger partial charge is 0.0837 e. The fourth-order valence-electron chi connectivity index (χ4n) is 3.60. The first-order valence-corrected chi connectivity index (χ1v) is 8.46. The highest BCUT2D eigenvalue weighted by atomic mass is 16.5. The van der Waals surface area contributed by atoms with Crippen LogP contribution in [-0.2, 0) is 17.7 Å². The fraction of sp³-hybridized carbons (Fsp3) is 0.824. The van der Waals surface area contributed by atoms with E-state index >= 15 is 0 Å². The lowest BCUT2D eigenvalue weighted by atomic mass is 9.74. The standard InChI is InChI=1S/C17H31N3O/c1-5-20-13-15(12-19-20)11-16(18-4)17(21-6-2)9-7-14(3)8-10-17/h12-14,16,18H,5-11H2,1-4H3. The second-order valence-electron chi connectivity index (χ2n) is 6.43. The zero-order valence-corrected chi connectivity index (χ0v) is 14.1. The maximum absolute atomic E-state index is 6.29. The number of hydrogen-bond donors (Lipinski definition) is 1. The average Bonchev–Trinajstić information content (AvgIpc) is 2.95. The van der Waals surface area contributed by atoms with E-state index in [1.165, 1.54) is 18.4 Å². The Kier molecular flexibility index (Phi) is 5.82. The molecular weight excluding hydrogens is 262 g/mol. The molecule has 0 aromatic carbocycles. The highest BCUT2D eigenvalue weighted by molar-refractivity contribution is 5.10. The van der Waals surface area contributed by atoms with Gasteiger partial charge < -0.3 is 10.1 Å². The molecule has 1 aromatic heterocycles. The number of aromatic nitrogens is 2. The van der Waals surface area contributed by atoms with Crippen LogP contribution in [0.2, 0.25) is 0 Å². The minimum absolute atomic E-state index is 0.00960. The number of likely N-dealkylation sites (N-methyl/N-ethyl adjacent to an activating group) is 1. The molecule has 1 heterocycles. The Balaban J connectivity index is 2.11. The van der Waals surface area contributed by atoms with Gasteiger partial charge in [-0.1, -0.05) is 6.92 Å². The van der Waals surface area contributed by atoms with E-state index in [0.29, 0.717) is 6.04 Å². The van der Waals surface area contributed by atoms with Gasteiger partial charge in [0.25, 0.3) is 0 Å². The molecule has 1 aliphatic carbocycles. The van der Waals surface area contributed by atoms with E-state index in [4.69, 9.17) is 4.74 Å². The average molecular weight is 293 g/mol. The molecule has 0 amide bonds. The number of rotatable bonds is 7. The first kappa shape index (κ1) is 16.5. The van der Waals surface area contributed by atoms with E-state index in [2.05, 4.69) is 44.4 Å². The number of nitrogens with one attached hydrogen (secondary N) is 1. The van der Waals surface area contributed by atoms with Crippen molar-refractivity contribution in [2.24, 2.45) is 5.92 Å². The largest absolute Gasteiger partial charge is 0.374 e. The van der Waals surface area contributed by atoms with E-state index < -0.39 is 0 Å². The third-order valence-electron chi connectivity index (χ3n) is 4.99. The summed E-state index contributed by atoms with van der Waals surface area (Å²) in [5.41, 5.74) is 1.29. The lowest BCUT2D eigenvalue weighted by Gasteiger charge is -2.44. The van der Waals surface area contributed by atoms with Crippen molar-refractivity contribution < 1.29 is 4.74 Å². The SMILES string of the molecule is CCOC1(C(Cc2cnn(CC)c2)NC)CCC(C)CC1. The fourth-order valence-corrected chi connectivity index (χ4v) is 3.60. The molecule has 4 nitrogen and oxygen atoms in total. The Hall–Kier alpha value is -0.870. The number of nitrogens with zero attached hydrogens (tertiary/aromatic N) is 2. The number of ether oxygens (including phenoxy) is 1. The second-order valence-corrected chi connectivity index (χ2v) is 6.43. The van der Waals surface area contributed by atoms with E-state index in [-0.39, 0.29) is 5.60 Å². The second kappa shape index (κ2) is 7.41. The molecule has 1 aliphatic rings. The minimum Gasteiger partial charge on any atom is -0.374 e. The van der Waals surface area contributed by atoms with Crippen molar-refractivity contribution in [1.29, 1.82) is 0 Å². The normalized spacial score (nSPS) is 27.7. The molecule has 1 atom stereocenters. The predicted molar refractivity (Wildman–Crippen MR) is 86.4 cm³/mol. The summed E-state index contributed by atoms with van der Waals surface area (Å²) in [6.07, 6.45) is 10.0. The van der Waals surface area contributed by atoms with Crippen molar-refractivity contribution in [3.63, 3.8) is 0 Å². The van der Waals surface area contributed by atoms with Gasteiger partial charge >= 0.3 is 0 Å². The molecular formula is C17H31N3O. The zero-order valence-electron chi connectivity index (χ0n) is 14.1. The van der Waals surface area contributed by atoms with Gasteiger partial charge in [0.2, 0.25) is 0 Å². The minimum atomic E-state index is -0.00960. The highest BCUT2D eigenvalue weighted by Gasteiger charge is 2.41. The van der Waals surface area contributed by atoms with E-state index in [1.54, 1.807) is 0 Å². The van der Waals surface area contributed by atoms with Gasteiger partial charge in [-0.2, -0.15) is 5.10 Å². The molecule has 0 radical (unpaired) electrons. The quantitative estimate of drug-likeness (QED) is 0.840. The molecule has 1 N–H and O–H groups in total. The molecule has 1 fully saturated rings. The molecule has 120 valence electrons. The monoisotopic (exact) mass is 293 g/mol. The van der Waals surface area contributed by atoms with Gasteiger partial charge in [0.05, 0.1) is 11.8 Å². The third-order valence-corrected chi connectivity index (χ3v) is 4.99. The van der Waals surface area contributed by atoms with Crippen molar-refractivity contribution in [3.8, 4) is 0 Å². The van der Waals surface area contributed by atoms with Crippen LogP contribution in [0.15, 0.2) is 12.4 Å². The zero-order chi connectivity index (χ0) is 15.3. The number of aryl methyl sites for hydroxylation is 1. The van der Waals surface area contributed by atoms with Gasteiger partial charge in [0.1, 0.15) is 0 Å². The van der Waals surface area contributed by atoms with Gasteiger partial charge in [-0.15, -0.1) is 0 Å². The predicted octanol–water partition coefficient (Wildman–Crippen LogP) is 3.02. The van der Waals surface area contributed by atoms with Crippen molar-refractivity contribution in [3.05, 3.63) is 18.0 Å². The van der Waals surface area contributed by atoms with Crippen molar-refractivity contribution in [2.75, 3.05) is 13.7 Å². The molecule has 4 heteroatoms. The Labute approximate surface area is 129 Å². The molecule has 1 unspecified atom stereocenters. The Morgan fingerprint density at radius 3 is 2.67 bits per heavy atom. The summed E-state index contributed by atoms with van der Waals surface area (Å²) in [7, 11) is 2.06. The highest BCUT2D eigenvalue weighted by Crippen LogP contribution is 2.38. The Morgan fingerprint density at radius 2 is 2.14 bits per heavy atom. The van der Waals surface area contributed by atoms with Crippen LogP contribution >= 0.6 is 0 Å².